The van der Waals surface area contributed by atoms with Crippen LogP contribution in [0.4, 0.5) is 0 Å². The molecule has 0 bridgehead atoms. The average molecular weight is 232 g/mol. The highest BCUT2D eigenvalue weighted by molar-refractivity contribution is 5.97. The number of rotatable bonds is 4. The highest BCUT2D eigenvalue weighted by Gasteiger charge is 2.26. The molecule has 1 fully saturated rings. The Hall–Kier alpha value is -1.84. The van der Waals surface area contributed by atoms with Crippen LogP contribution in [0.1, 0.15) is 30.1 Å². The lowest BCUT2D eigenvalue weighted by molar-refractivity contribution is -0.122. The van der Waals surface area contributed by atoms with Crippen LogP contribution in [0.15, 0.2) is 30.3 Å². The molecule has 0 aromatic heterocycles. The summed E-state index contributed by atoms with van der Waals surface area (Å²) < 4.78 is 0. The van der Waals surface area contributed by atoms with E-state index in [0.717, 1.165) is 12.8 Å². The first-order valence-electron chi connectivity index (χ1n) is 5.83. The van der Waals surface area contributed by atoms with Crippen molar-refractivity contribution in [3.63, 3.8) is 0 Å². The molecule has 0 heterocycles. The molecule has 2 amide bonds. The van der Waals surface area contributed by atoms with Gasteiger partial charge in [-0.25, -0.2) is 0 Å². The van der Waals surface area contributed by atoms with Crippen molar-refractivity contribution >= 4 is 11.8 Å². The van der Waals surface area contributed by atoms with Crippen LogP contribution in [-0.4, -0.2) is 23.9 Å². The van der Waals surface area contributed by atoms with Crippen molar-refractivity contribution in [3.05, 3.63) is 35.9 Å². The molecule has 1 aliphatic rings. The van der Waals surface area contributed by atoms with Crippen LogP contribution in [0.2, 0.25) is 0 Å². The molecule has 90 valence electrons. The second-order valence-corrected chi connectivity index (χ2v) is 4.34. The Morgan fingerprint density at radius 1 is 1.24 bits per heavy atom. The van der Waals surface area contributed by atoms with Gasteiger partial charge in [0, 0.05) is 11.6 Å². The van der Waals surface area contributed by atoms with Gasteiger partial charge in [0.15, 0.2) is 0 Å². The van der Waals surface area contributed by atoms with Gasteiger partial charge >= 0.3 is 0 Å². The number of amides is 2. The maximum atomic E-state index is 11.8. The normalized spacial score (nSPS) is 16.1. The Morgan fingerprint density at radius 2 is 1.88 bits per heavy atom. The zero-order chi connectivity index (χ0) is 12.3. The van der Waals surface area contributed by atoms with Crippen LogP contribution in [0.25, 0.3) is 0 Å². The Morgan fingerprint density at radius 3 is 2.47 bits per heavy atom. The molecular weight excluding hydrogens is 216 g/mol. The van der Waals surface area contributed by atoms with Crippen LogP contribution in [0, 0.1) is 0 Å². The van der Waals surface area contributed by atoms with Crippen LogP contribution >= 0.6 is 0 Å². The Labute approximate surface area is 100 Å². The van der Waals surface area contributed by atoms with Gasteiger partial charge in [-0.2, -0.15) is 0 Å². The van der Waals surface area contributed by atoms with E-state index in [9.17, 15) is 9.59 Å². The van der Waals surface area contributed by atoms with Crippen LogP contribution in [0.3, 0.4) is 0 Å². The fourth-order valence-corrected chi connectivity index (χ4v) is 1.49. The Balaban J connectivity index is 1.87. The van der Waals surface area contributed by atoms with Gasteiger partial charge in [-0.05, 0) is 31.9 Å². The zero-order valence-electron chi connectivity index (χ0n) is 9.77. The summed E-state index contributed by atoms with van der Waals surface area (Å²) in [6.07, 6.45) is 2.09. The van der Waals surface area contributed by atoms with Crippen LogP contribution < -0.4 is 10.6 Å². The van der Waals surface area contributed by atoms with E-state index in [-0.39, 0.29) is 11.8 Å². The summed E-state index contributed by atoms with van der Waals surface area (Å²) in [7, 11) is 0. The van der Waals surface area contributed by atoms with Gasteiger partial charge in [0.05, 0.1) is 0 Å². The van der Waals surface area contributed by atoms with E-state index in [1.165, 1.54) is 0 Å². The van der Waals surface area contributed by atoms with E-state index >= 15 is 0 Å². The minimum absolute atomic E-state index is 0.114. The second kappa shape index (κ2) is 4.99. The SMILES string of the molecule is C[C@@H](NC(=O)c1ccccc1)C(=O)NC1CC1. The van der Waals surface area contributed by atoms with E-state index in [1.54, 1.807) is 31.2 Å². The first-order valence-corrected chi connectivity index (χ1v) is 5.83. The molecule has 0 spiro atoms. The second-order valence-electron chi connectivity index (χ2n) is 4.34. The van der Waals surface area contributed by atoms with E-state index < -0.39 is 6.04 Å². The fourth-order valence-electron chi connectivity index (χ4n) is 1.49. The van der Waals surface area contributed by atoms with Gasteiger partial charge in [0.1, 0.15) is 6.04 Å². The minimum Gasteiger partial charge on any atom is -0.352 e. The molecule has 2 rings (SSSR count). The summed E-state index contributed by atoms with van der Waals surface area (Å²) in [5.41, 5.74) is 0.568. The van der Waals surface area contributed by atoms with E-state index in [0.29, 0.717) is 11.6 Å². The Kier molecular flexibility index (Phi) is 3.42. The lowest BCUT2D eigenvalue weighted by Crippen LogP contribution is -2.45. The molecule has 4 nitrogen and oxygen atoms in total. The number of benzene rings is 1. The van der Waals surface area contributed by atoms with Gasteiger partial charge in [0.2, 0.25) is 5.91 Å². The summed E-state index contributed by atoms with van der Waals surface area (Å²) >= 11 is 0. The smallest absolute Gasteiger partial charge is 0.251 e. The molecule has 1 aliphatic carbocycles. The molecular formula is C13H16N2O2. The van der Waals surface area contributed by atoms with Crippen molar-refractivity contribution in [1.82, 2.24) is 10.6 Å². The van der Waals surface area contributed by atoms with Crippen molar-refractivity contribution in [3.8, 4) is 0 Å². The van der Waals surface area contributed by atoms with Crippen molar-refractivity contribution < 1.29 is 9.59 Å². The maximum Gasteiger partial charge on any atom is 0.251 e. The van der Waals surface area contributed by atoms with E-state index in [2.05, 4.69) is 10.6 Å². The standard InChI is InChI=1S/C13H16N2O2/c1-9(12(16)15-11-7-8-11)14-13(17)10-5-3-2-4-6-10/h2-6,9,11H,7-8H2,1H3,(H,14,17)(H,15,16)/t9-/m1/s1. The summed E-state index contributed by atoms with van der Waals surface area (Å²) in [4.78, 5) is 23.4. The Bertz CT molecular complexity index is 413. The molecule has 4 heteroatoms. The first kappa shape index (κ1) is 11.6. The molecule has 1 aromatic rings. The average Bonchev–Trinajstić information content (AvgIpc) is 3.14. The molecule has 17 heavy (non-hydrogen) atoms. The number of hydrogen-bond donors (Lipinski definition) is 2. The first-order chi connectivity index (χ1) is 8.16. The summed E-state index contributed by atoms with van der Waals surface area (Å²) in [6, 6.07) is 8.71. The highest BCUT2D eigenvalue weighted by Crippen LogP contribution is 2.18. The maximum absolute atomic E-state index is 11.8. The number of nitrogens with one attached hydrogen (secondary N) is 2. The van der Waals surface area contributed by atoms with Gasteiger partial charge in [-0.1, -0.05) is 18.2 Å². The number of hydrogen-bond acceptors (Lipinski definition) is 2. The summed E-state index contributed by atoms with van der Waals surface area (Å²) in [6.45, 7) is 1.69. The lowest BCUT2D eigenvalue weighted by Gasteiger charge is -2.13. The lowest BCUT2D eigenvalue weighted by atomic mass is 10.2. The highest BCUT2D eigenvalue weighted by atomic mass is 16.2. The van der Waals surface area contributed by atoms with Crippen molar-refractivity contribution in [2.45, 2.75) is 31.8 Å². The van der Waals surface area contributed by atoms with Gasteiger partial charge < -0.3 is 10.6 Å². The van der Waals surface area contributed by atoms with Gasteiger partial charge in [0.25, 0.3) is 5.91 Å². The van der Waals surface area contributed by atoms with Crippen molar-refractivity contribution in [2.24, 2.45) is 0 Å². The number of carbonyl (C=O) groups is 2. The number of carbonyl (C=O) groups excluding carboxylic acids is 2. The third-order valence-electron chi connectivity index (χ3n) is 2.70. The topological polar surface area (TPSA) is 58.2 Å². The largest absolute Gasteiger partial charge is 0.352 e. The fraction of sp³-hybridized carbons (Fsp3) is 0.385. The molecule has 1 atom stereocenters. The van der Waals surface area contributed by atoms with Gasteiger partial charge in [-0.15, -0.1) is 0 Å². The molecule has 0 unspecified atom stereocenters. The third-order valence-corrected chi connectivity index (χ3v) is 2.70. The third kappa shape index (κ3) is 3.31. The molecule has 1 aromatic carbocycles. The molecule has 0 aliphatic heterocycles. The van der Waals surface area contributed by atoms with Gasteiger partial charge in [-0.3, -0.25) is 9.59 Å². The quantitative estimate of drug-likeness (QED) is 0.816. The van der Waals surface area contributed by atoms with Crippen molar-refractivity contribution in [1.29, 1.82) is 0 Å². The van der Waals surface area contributed by atoms with Crippen LogP contribution in [-0.2, 0) is 4.79 Å². The molecule has 0 saturated heterocycles. The molecule has 1 saturated carbocycles. The molecule has 0 radical (unpaired) electrons. The summed E-state index contributed by atoms with van der Waals surface area (Å²) in [5.74, 6) is -0.333. The van der Waals surface area contributed by atoms with E-state index in [1.807, 2.05) is 6.07 Å². The van der Waals surface area contributed by atoms with E-state index in [4.69, 9.17) is 0 Å². The molecule has 2 N–H and O–H groups in total. The minimum atomic E-state index is -0.497. The predicted molar refractivity (Wildman–Crippen MR) is 64.5 cm³/mol. The van der Waals surface area contributed by atoms with Crippen molar-refractivity contribution in [2.75, 3.05) is 0 Å². The monoisotopic (exact) mass is 232 g/mol. The summed E-state index contributed by atoms with van der Waals surface area (Å²) in [5, 5.41) is 5.53. The van der Waals surface area contributed by atoms with Crippen LogP contribution in [0.5, 0.6) is 0 Å². The predicted octanol–water partition coefficient (Wildman–Crippen LogP) is 1.08. The zero-order valence-corrected chi connectivity index (χ0v) is 9.77.